The standard InChI is InChI=1S/C10H9Cl2N/c1-7(13)5-6-8-9(11)3-2-4-10(8)12/h2-6,13H,1H3/b6-5+,13-7?. The maximum atomic E-state index is 7.21. The zero-order chi connectivity index (χ0) is 9.84. The molecule has 0 aliphatic heterocycles. The molecule has 0 unspecified atom stereocenters. The van der Waals surface area contributed by atoms with Crippen LogP contribution in [0.4, 0.5) is 0 Å². The summed E-state index contributed by atoms with van der Waals surface area (Å²) in [4.78, 5) is 0. The van der Waals surface area contributed by atoms with E-state index in [0.717, 1.165) is 5.56 Å². The van der Waals surface area contributed by atoms with E-state index in [1.54, 1.807) is 37.3 Å². The maximum Gasteiger partial charge on any atom is 0.0493 e. The Labute approximate surface area is 87.5 Å². The minimum absolute atomic E-state index is 0.469. The number of rotatable bonds is 2. The van der Waals surface area contributed by atoms with Gasteiger partial charge >= 0.3 is 0 Å². The van der Waals surface area contributed by atoms with Crippen molar-refractivity contribution >= 4 is 35.0 Å². The van der Waals surface area contributed by atoms with Crippen molar-refractivity contribution in [3.05, 3.63) is 39.9 Å². The topological polar surface area (TPSA) is 23.9 Å². The van der Waals surface area contributed by atoms with Crippen LogP contribution in [0, 0.1) is 5.41 Å². The van der Waals surface area contributed by atoms with Crippen molar-refractivity contribution in [2.24, 2.45) is 0 Å². The fourth-order valence-corrected chi connectivity index (χ4v) is 1.40. The lowest BCUT2D eigenvalue weighted by atomic mass is 10.2. The first-order valence-corrected chi connectivity index (χ1v) is 4.54. The monoisotopic (exact) mass is 213 g/mol. The van der Waals surface area contributed by atoms with Gasteiger partial charge in [-0.1, -0.05) is 35.3 Å². The first kappa shape index (κ1) is 10.3. The van der Waals surface area contributed by atoms with Gasteiger partial charge in [-0.25, -0.2) is 0 Å². The molecule has 0 aromatic heterocycles. The second-order valence-corrected chi connectivity index (χ2v) is 3.47. The number of hydrogen-bond donors (Lipinski definition) is 1. The highest BCUT2D eigenvalue weighted by molar-refractivity contribution is 6.37. The van der Waals surface area contributed by atoms with Crippen LogP contribution in [0.3, 0.4) is 0 Å². The maximum absolute atomic E-state index is 7.21. The highest BCUT2D eigenvalue weighted by Gasteiger charge is 2.00. The number of hydrogen-bond acceptors (Lipinski definition) is 1. The van der Waals surface area contributed by atoms with E-state index in [9.17, 15) is 0 Å². The molecule has 0 bridgehead atoms. The molecule has 0 saturated carbocycles. The van der Waals surface area contributed by atoms with Crippen molar-refractivity contribution < 1.29 is 0 Å². The molecule has 0 spiro atoms. The summed E-state index contributed by atoms with van der Waals surface area (Å²) in [7, 11) is 0. The van der Waals surface area contributed by atoms with Crippen LogP contribution in [0.5, 0.6) is 0 Å². The summed E-state index contributed by atoms with van der Waals surface area (Å²) >= 11 is 11.8. The van der Waals surface area contributed by atoms with Crippen molar-refractivity contribution in [2.45, 2.75) is 6.92 Å². The molecule has 13 heavy (non-hydrogen) atoms. The van der Waals surface area contributed by atoms with Gasteiger partial charge in [0, 0.05) is 21.3 Å². The van der Waals surface area contributed by atoms with Crippen molar-refractivity contribution in [1.82, 2.24) is 0 Å². The quantitative estimate of drug-likeness (QED) is 0.718. The van der Waals surface area contributed by atoms with Crippen LogP contribution in [0.15, 0.2) is 24.3 Å². The van der Waals surface area contributed by atoms with Crippen LogP contribution in [-0.2, 0) is 0 Å². The SMILES string of the molecule is CC(=N)/C=C/c1c(Cl)cccc1Cl. The van der Waals surface area contributed by atoms with Gasteiger partial charge in [-0.15, -0.1) is 0 Å². The number of halogens is 2. The van der Waals surface area contributed by atoms with E-state index in [-0.39, 0.29) is 0 Å². The predicted molar refractivity (Wildman–Crippen MR) is 58.9 cm³/mol. The van der Waals surface area contributed by atoms with Crippen LogP contribution >= 0.6 is 23.2 Å². The Morgan fingerprint density at radius 3 is 2.31 bits per heavy atom. The Morgan fingerprint density at radius 1 is 1.31 bits per heavy atom. The summed E-state index contributed by atoms with van der Waals surface area (Å²) in [6.07, 6.45) is 3.40. The van der Waals surface area contributed by atoms with Crippen molar-refractivity contribution in [1.29, 1.82) is 5.41 Å². The molecule has 3 heteroatoms. The van der Waals surface area contributed by atoms with E-state index in [2.05, 4.69) is 0 Å². The lowest BCUT2D eigenvalue weighted by molar-refractivity contribution is 1.50. The highest BCUT2D eigenvalue weighted by Crippen LogP contribution is 2.25. The van der Waals surface area contributed by atoms with E-state index >= 15 is 0 Å². The van der Waals surface area contributed by atoms with Gasteiger partial charge in [-0.2, -0.15) is 0 Å². The molecule has 0 atom stereocenters. The molecule has 0 fully saturated rings. The number of allylic oxidation sites excluding steroid dienone is 1. The summed E-state index contributed by atoms with van der Waals surface area (Å²) in [6, 6.07) is 5.33. The van der Waals surface area contributed by atoms with Crippen LogP contribution in [-0.4, -0.2) is 5.71 Å². The summed E-state index contributed by atoms with van der Waals surface area (Å²) in [5, 5.41) is 8.42. The minimum atomic E-state index is 0.469. The lowest BCUT2D eigenvalue weighted by Crippen LogP contribution is -1.81. The second-order valence-electron chi connectivity index (χ2n) is 2.65. The van der Waals surface area contributed by atoms with Crippen molar-refractivity contribution in [2.75, 3.05) is 0 Å². The highest BCUT2D eigenvalue weighted by atomic mass is 35.5. The Kier molecular flexibility index (Phi) is 3.52. The van der Waals surface area contributed by atoms with Crippen LogP contribution in [0.1, 0.15) is 12.5 Å². The smallest absolute Gasteiger partial charge is 0.0493 e. The normalized spacial score (nSPS) is 10.7. The van der Waals surface area contributed by atoms with E-state index in [4.69, 9.17) is 28.6 Å². The fraction of sp³-hybridized carbons (Fsp3) is 0.100. The average molecular weight is 214 g/mol. The van der Waals surface area contributed by atoms with Crippen molar-refractivity contribution in [3.8, 4) is 0 Å². The van der Waals surface area contributed by atoms with Crippen LogP contribution in [0.2, 0.25) is 10.0 Å². The Balaban J connectivity index is 3.06. The molecule has 1 nitrogen and oxygen atoms in total. The molecule has 1 rings (SSSR count). The number of nitrogens with one attached hydrogen (secondary N) is 1. The third kappa shape index (κ3) is 2.87. The Hall–Kier alpha value is -0.790. The molecule has 0 aliphatic rings. The molecule has 0 aliphatic carbocycles. The second kappa shape index (κ2) is 4.45. The van der Waals surface area contributed by atoms with Gasteiger partial charge in [0.05, 0.1) is 0 Å². The van der Waals surface area contributed by atoms with E-state index < -0.39 is 0 Å². The van der Waals surface area contributed by atoms with E-state index in [0.29, 0.717) is 15.8 Å². The zero-order valence-corrected chi connectivity index (χ0v) is 8.65. The molecule has 1 aromatic rings. The minimum Gasteiger partial charge on any atom is -0.306 e. The van der Waals surface area contributed by atoms with Gasteiger partial charge in [0.15, 0.2) is 0 Å². The lowest BCUT2D eigenvalue weighted by Gasteiger charge is -1.99. The molecule has 0 radical (unpaired) electrons. The molecular weight excluding hydrogens is 205 g/mol. The molecule has 0 heterocycles. The number of benzene rings is 1. The van der Waals surface area contributed by atoms with Crippen LogP contribution in [0.25, 0.3) is 6.08 Å². The van der Waals surface area contributed by atoms with Crippen LogP contribution < -0.4 is 0 Å². The summed E-state index contributed by atoms with van der Waals surface area (Å²) in [5.41, 5.74) is 1.23. The molecular formula is C10H9Cl2N. The summed E-state index contributed by atoms with van der Waals surface area (Å²) in [6.45, 7) is 1.70. The molecule has 0 saturated heterocycles. The molecule has 1 N–H and O–H groups in total. The molecule has 0 amide bonds. The average Bonchev–Trinajstić information content (AvgIpc) is 2.03. The first-order chi connectivity index (χ1) is 6.11. The Morgan fingerprint density at radius 2 is 1.85 bits per heavy atom. The Bertz CT molecular complexity index is 336. The zero-order valence-electron chi connectivity index (χ0n) is 7.14. The summed E-state index contributed by atoms with van der Waals surface area (Å²) < 4.78 is 0. The van der Waals surface area contributed by atoms with Crippen molar-refractivity contribution in [3.63, 3.8) is 0 Å². The van der Waals surface area contributed by atoms with E-state index in [1.165, 1.54) is 0 Å². The van der Waals surface area contributed by atoms with Gasteiger partial charge in [0.2, 0.25) is 0 Å². The van der Waals surface area contributed by atoms with Gasteiger partial charge in [0.1, 0.15) is 0 Å². The third-order valence-corrected chi connectivity index (χ3v) is 2.16. The fourth-order valence-electron chi connectivity index (χ4n) is 0.878. The third-order valence-electron chi connectivity index (χ3n) is 1.50. The van der Waals surface area contributed by atoms with Gasteiger partial charge < -0.3 is 5.41 Å². The van der Waals surface area contributed by atoms with Gasteiger partial charge in [-0.3, -0.25) is 0 Å². The summed E-state index contributed by atoms with van der Waals surface area (Å²) in [5.74, 6) is 0. The first-order valence-electron chi connectivity index (χ1n) is 3.78. The molecule has 68 valence electrons. The molecule has 1 aromatic carbocycles. The van der Waals surface area contributed by atoms with Gasteiger partial charge in [0.25, 0.3) is 0 Å². The van der Waals surface area contributed by atoms with Gasteiger partial charge in [-0.05, 0) is 25.1 Å². The van der Waals surface area contributed by atoms with E-state index in [1.807, 2.05) is 0 Å². The largest absolute Gasteiger partial charge is 0.306 e. The predicted octanol–water partition coefficient (Wildman–Crippen LogP) is 4.05.